The lowest BCUT2D eigenvalue weighted by Crippen LogP contribution is -2.16. The minimum absolute atomic E-state index is 0.108. The number of epoxide rings is 1. The van der Waals surface area contributed by atoms with Crippen LogP contribution in [0, 0.1) is 11.3 Å². The van der Waals surface area contributed by atoms with Crippen LogP contribution in [0.2, 0.25) is 0 Å². The normalized spacial score (nSPS) is 24.0. The van der Waals surface area contributed by atoms with Gasteiger partial charge in [-0.15, -0.1) is 0 Å². The number of nitriles is 1. The van der Waals surface area contributed by atoms with Crippen molar-refractivity contribution in [2.75, 3.05) is 13.2 Å². The molecule has 0 N–H and O–H groups in total. The predicted octanol–water partition coefficient (Wildman–Crippen LogP) is 1.73. The van der Waals surface area contributed by atoms with Crippen LogP contribution in [0.4, 0.5) is 0 Å². The molecule has 0 radical (unpaired) electrons. The van der Waals surface area contributed by atoms with E-state index in [-0.39, 0.29) is 5.60 Å². The zero-order valence-electron chi connectivity index (χ0n) is 7.99. The summed E-state index contributed by atoms with van der Waals surface area (Å²) in [6.45, 7) is 3.30. The number of rotatable bonds is 3. The lowest BCUT2D eigenvalue weighted by Gasteiger charge is -2.08. The van der Waals surface area contributed by atoms with Gasteiger partial charge in [0.2, 0.25) is 0 Å². The van der Waals surface area contributed by atoms with Crippen molar-refractivity contribution in [1.29, 1.82) is 5.26 Å². The summed E-state index contributed by atoms with van der Waals surface area (Å²) in [6, 6.07) is 9.20. The summed E-state index contributed by atoms with van der Waals surface area (Å²) in [4.78, 5) is 0. The molecule has 1 saturated heterocycles. The molecule has 2 rings (SSSR count). The third kappa shape index (κ3) is 2.04. The Morgan fingerprint density at radius 2 is 2.43 bits per heavy atom. The van der Waals surface area contributed by atoms with Gasteiger partial charge in [-0.25, -0.2) is 0 Å². The molecular weight excluding hydrogens is 178 g/mol. The maximum atomic E-state index is 8.67. The van der Waals surface area contributed by atoms with E-state index in [0.717, 1.165) is 12.4 Å². The Morgan fingerprint density at radius 3 is 3.07 bits per heavy atom. The number of hydrogen-bond acceptors (Lipinski definition) is 3. The van der Waals surface area contributed by atoms with E-state index in [1.165, 1.54) is 0 Å². The molecule has 0 amide bonds. The quantitative estimate of drug-likeness (QED) is 0.680. The van der Waals surface area contributed by atoms with Gasteiger partial charge in [-0.1, -0.05) is 6.07 Å². The van der Waals surface area contributed by atoms with E-state index >= 15 is 0 Å². The van der Waals surface area contributed by atoms with Crippen LogP contribution in [0.1, 0.15) is 12.5 Å². The van der Waals surface area contributed by atoms with E-state index in [2.05, 4.69) is 6.07 Å². The SMILES string of the molecule is CC1(COc2cccc(C#N)c2)CO1. The molecule has 14 heavy (non-hydrogen) atoms. The highest BCUT2D eigenvalue weighted by Gasteiger charge is 2.40. The first-order valence-corrected chi connectivity index (χ1v) is 4.49. The van der Waals surface area contributed by atoms with Crippen LogP contribution in [0.15, 0.2) is 24.3 Å². The predicted molar refractivity (Wildman–Crippen MR) is 51.0 cm³/mol. The van der Waals surface area contributed by atoms with Crippen molar-refractivity contribution in [2.45, 2.75) is 12.5 Å². The van der Waals surface area contributed by atoms with Gasteiger partial charge in [0.15, 0.2) is 0 Å². The van der Waals surface area contributed by atoms with Crippen molar-refractivity contribution >= 4 is 0 Å². The van der Waals surface area contributed by atoms with E-state index in [0.29, 0.717) is 12.2 Å². The molecular formula is C11H11NO2. The van der Waals surface area contributed by atoms with Crippen molar-refractivity contribution in [2.24, 2.45) is 0 Å². The van der Waals surface area contributed by atoms with Gasteiger partial charge < -0.3 is 9.47 Å². The summed E-state index contributed by atoms with van der Waals surface area (Å²) in [7, 11) is 0. The van der Waals surface area contributed by atoms with Crippen molar-refractivity contribution in [3.8, 4) is 11.8 Å². The topological polar surface area (TPSA) is 45.5 Å². The zero-order valence-corrected chi connectivity index (χ0v) is 7.99. The minimum Gasteiger partial charge on any atom is -0.490 e. The Morgan fingerprint density at radius 1 is 1.64 bits per heavy atom. The zero-order chi connectivity index (χ0) is 10.0. The minimum atomic E-state index is -0.108. The summed E-state index contributed by atoms with van der Waals surface area (Å²) < 4.78 is 10.7. The molecule has 3 nitrogen and oxygen atoms in total. The Bertz CT molecular complexity index is 377. The molecule has 0 aromatic heterocycles. The van der Waals surface area contributed by atoms with Crippen LogP contribution in [0.5, 0.6) is 5.75 Å². The van der Waals surface area contributed by atoms with Gasteiger partial charge >= 0.3 is 0 Å². The van der Waals surface area contributed by atoms with Gasteiger partial charge in [0.1, 0.15) is 18.0 Å². The van der Waals surface area contributed by atoms with Gasteiger partial charge in [0.05, 0.1) is 18.2 Å². The molecule has 1 fully saturated rings. The Labute approximate surface area is 82.9 Å². The van der Waals surface area contributed by atoms with Crippen molar-refractivity contribution < 1.29 is 9.47 Å². The molecule has 1 aromatic carbocycles. The van der Waals surface area contributed by atoms with E-state index < -0.39 is 0 Å². The Hall–Kier alpha value is -1.53. The van der Waals surface area contributed by atoms with E-state index in [9.17, 15) is 0 Å². The third-order valence-electron chi connectivity index (χ3n) is 2.14. The fourth-order valence-electron chi connectivity index (χ4n) is 1.10. The van der Waals surface area contributed by atoms with Crippen molar-refractivity contribution in [1.82, 2.24) is 0 Å². The molecule has 1 heterocycles. The van der Waals surface area contributed by atoms with Gasteiger partial charge in [0.25, 0.3) is 0 Å². The first kappa shape index (κ1) is 9.04. The molecule has 1 unspecified atom stereocenters. The molecule has 0 aliphatic carbocycles. The first-order chi connectivity index (χ1) is 6.72. The molecule has 1 aliphatic heterocycles. The largest absolute Gasteiger partial charge is 0.490 e. The summed E-state index contributed by atoms with van der Waals surface area (Å²) in [5.41, 5.74) is 0.507. The smallest absolute Gasteiger partial charge is 0.123 e. The van der Waals surface area contributed by atoms with E-state index in [1.807, 2.05) is 19.1 Å². The molecule has 72 valence electrons. The van der Waals surface area contributed by atoms with Crippen LogP contribution >= 0.6 is 0 Å². The first-order valence-electron chi connectivity index (χ1n) is 4.49. The molecule has 1 aromatic rings. The van der Waals surface area contributed by atoms with Crippen LogP contribution < -0.4 is 4.74 Å². The average molecular weight is 189 g/mol. The highest BCUT2D eigenvalue weighted by molar-refractivity contribution is 5.36. The van der Waals surface area contributed by atoms with Crippen LogP contribution in [-0.4, -0.2) is 18.8 Å². The Balaban J connectivity index is 1.99. The second-order valence-corrected chi connectivity index (χ2v) is 3.67. The molecule has 1 atom stereocenters. The molecule has 0 spiro atoms. The summed E-state index contributed by atoms with van der Waals surface area (Å²) in [5.74, 6) is 0.723. The van der Waals surface area contributed by atoms with Gasteiger partial charge in [-0.05, 0) is 25.1 Å². The fraction of sp³-hybridized carbons (Fsp3) is 0.364. The average Bonchev–Trinajstić information content (AvgIpc) is 2.95. The summed E-state index contributed by atoms with van der Waals surface area (Å²) in [5, 5.41) is 8.67. The lowest BCUT2D eigenvalue weighted by atomic mass is 10.2. The highest BCUT2D eigenvalue weighted by Crippen LogP contribution is 2.26. The fourth-order valence-corrected chi connectivity index (χ4v) is 1.10. The van der Waals surface area contributed by atoms with Crippen LogP contribution in [0.25, 0.3) is 0 Å². The Kier molecular flexibility index (Phi) is 2.14. The van der Waals surface area contributed by atoms with Gasteiger partial charge in [0, 0.05) is 0 Å². The molecule has 0 saturated carbocycles. The van der Waals surface area contributed by atoms with Gasteiger partial charge in [-0.2, -0.15) is 5.26 Å². The van der Waals surface area contributed by atoms with Crippen molar-refractivity contribution in [3.63, 3.8) is 0 Å². The highest BCUT2D eigenvalue weighted by atomic mass is 16.6. The molecule has 0 bridgehead atoms. The van der Waals surface area contributed by atoms with Crippen LogP contribution in [-0.2, 0) is 4.74 Å². The van der Waals surface area contributed by atoms with E-state index in [4.69, 9.17) is 14.7 Å². The molecule has 3 heteroatoms. The number of ether oxygens (including phenoxy) is 2. The van der Waals surface area contributed by atoms with E-state index in [1.54, 1.807) is 12.1 Å². The summed E-state index contributed by atoms with van der Waals surface area (Å²) in [6.07, 6.45) is 0. The molecule has 1 aliphatic rings. The van der Waals surface area contributed by atoms with Crippen molar-refractivity contribution in [3.05, 3.63) is 29.8 Å². The van der Waals surface area contributed by atoms with Crippen LogP contribution in [0.3, 0.4) is 0 Å². The second kappa shape index (κ2) is 3.32. The second-order valence-electron chi connectivity index (χ2n) is 3.67. The number of benzene rings is 1. The summed E-state index contributed by atoms with van der Waals surface area (Å²) >= 11 is 0. The third-order valence-corrected chi connectivity index (χ3v) is 2.14. The number of hydrogen-bond donors (Lipinski definition) is 0. The lowest BCUT2D eigenvalue weighted by molar-refractivity contribution is 0.202. The maximum Gasteiger partial charge on any atom is 0.123 e. The standard InChI is InChI=1S/C11H11NO2/c1-11(8-14-11)7-13-10-4-2-3-9(5-10)6-12/h2-5H,7-8H2,1H3. The van der Waals surface area contributed by atoms with Gasteiger partial charge in [-0.3, -0.25) is 0 Å². The number of nitrogens with zero attached hydrogens (tertiary/aromatic N) is 1. The monoisotopic (exact) mass is 189 g/mol. The maximum absolute atomic E-state index is 8.67.